The highest BCUT2D eigenvalue weighted by molar-refractivity contribution is 5.78. The molecular formula is C18H27FN2O2. The van der Waals surface area contributed by atoms with E-state index >= 15 is 0 Å². The molecule has 1 N–H and O–H groups in total. The summed E-state index contributed by atoms with van der Waals surface area (Å²) in [7, 11) is 0. The Morgan fingerprint density at radius 3 is 2.61 bits per heavy atom. The van der Waals surface area contributed by atoms with Gasteiger partial charge in [0.05, 0.1) is 6.54 Å². The van der Waals surface area contributed by atoms with Gasteiger partial charge < -0.3 is 10.1 Å². The Bertz CT molecular complexity index is 511. The van der Waals surface area contributed by atoms with Gasteiger partial charge in [0, 0.05) is 25.2 Å². The van der Waals surface area contributed by atoms with Gasteiger partial charge in [-0.1, -0.05) is 26.0 Å². The molecule has 128 valence electrons. The molecule has 5 heteroatoms. The molecule has 2 rings (SSSR count). The maximum atomic E-state index is 13.6. The molecule has 1 aromatic carbocycles. The fourth-order valence-electron chi connectivity index (χ4n) is 3.12. The molecular weight excluding hydrogens is 295 g/mol. The first-order valence-electron chi connectivity index (χ1n) is 8.42. The molecule has 1 aliphatic heterocycles. The molecule has 1 aromatic rings. The first-order chi connectivity index (χ1) is 11.1. The third kappa shape index (κ3) is 4.75. The van der Waals surface area contributed by atoms with E-state index in [1.165, 1.54) is 6.07 Å². The first kappa shape index (κ1) is 17.9. The fraction of sp³-hybridized carbons (Fsp3) is 0.611. The SMILES string of the molecule is CCN(CC)CC(=O)NCC1(c2cccc(F)c2)CCOCC1. The number of likely N-dealkylation sites (N-methyl/N-ethyl adjacent to an activating group) is 1. The lowest BCUT2D eigenvalue weighted by Gasteiger charge is -2.38. The Hall–Kier alpha value is -1.46. The van der Waals surface area contributed by atoms with E-state index in [2.05, 4.69) is 10.2 Å². The molecule has 4 nitrogen and oxygen atoms in total. The van der Waals surface area contributed by atoms with Crippen molar-refractivity contribution in [1.82, 2.24) is 10.2 Å². The molecule has 0 radical (unpaired) electrons. The van der Waals surface area contributed by atoms with Crippen LogP contribution in [0.25, 0.3) is 0 Å². The number of rotatable bonds is 7. The molecule has 0 spiro atoms. The monoisotopic (exact) mass is 322 g/mol. The molecule has 1 saturated heterocycles. The van der Waals surface area contributed by atoms with Crippen LogP contribution in [0.5, 0.6) is 0 Å². The standard InChI is InChI=1S/C18H27FN2O2/c1-3-21(4-2)13-17(22)20-14-18(8-10-23-11-9-18)15-6-5-7-16(19)12-15/h5-7,12H,3-4,8-11,13-14H2,1-2H3,(H,20,22). The van der Waals surface area contributed by atoms with Crippen LogP contribution in [-0.4, -0.2) is 50.2 Å². The van der Waals surface area contributed by atoms with Gasteiger partial charge in [0.15, 0.2) is 0 Å². The molecule has 0 atom stereocenters. The van der Waals surface area contributed by atoms with E-state index in [1.807, 2.05) is 19.9 Å². The number of carbonyl (C=O) groups excluding carboxylic acids is 1. The van der Waals surface area contributed by atoms with Gasteiger partial charge in [0.2, 0.25) is 5.91 Å². The van der Waals surface area contributed by atoms with Crippen LogP contribution in [0.4, 0.5) is 4.39 Å². The van der Waals surface area contributed by atoms with Gasteiger partial charge in [-0.3, -0.25) is 9.69 Å². The second-order valence-corrected chi connectivity index (χ2v) is 6.14. The van der Waals surface area contributed by atoms with Crippen LogP contribution in [0.2, 0.25) is 0 Å². The summed E-state index contributed by atoms with van der Waals surface area (Å²) in [6, 6.07) is 6.72. The van der Waals surface area contributed by atoms with Crippen molar-refractivity contribution in [3.63, 3.8) is 0 Å². The van der Waals surface area contributed by atoms with Gasteiger partial charge in [-0.2, -0.15) is 0 Å². The summed E-state index contributed by atoms with van der Waals surface area (Å²) in [6.07, 6.45) is 1.59. The largest absolute Gasteiger partial charge is 0.381 e. The molecule has 1 amide bonds. The van der Waals surface area contributed by atoms with Crippen molar-refractivity contribution in [1.29, 1.82) is 0 Å². The van der Waals surface area contributed by atoms with E-state index in [0.717, 1.165) is 31.5 Å². The minimum atomic E-state index is -0.237. The highest BCUT2D eigenvalue weighted by atomic mass is 19.1. The van der Waals surface area contributed by atoms with Gasteiger partial charge in [-0.05, 0) is 43.6 Å². The normalized spacial score (nSPS) is 17.2. The van der Waals surface area contributed by atoms with E-state index < -0.39 is 0 Å². The smallest absolute Gasteiger partial charge is 0.234 e. The summed E-state index contributed by atoms with van der Waals surface area (Å²) in [5.41, 5.74) is 0.711. The van der Waals surface area contributed by atoms with Gasteiger partial charge in [-0.25, -0.2) is 4.39 Å². The number of amides is 1. The van der Waals surface area contributed by atoms with Crippen LogP contribution in [0.15, 0.2) is 24.3 Å². The Kier molecular flexibility index (Phi) is 6.54. The van der Waals surface area contributed by atoms with Crippen LogP contribution in [0.3, 0.4) is 0 Å². The zero-order valence-electron chi connectivity index (χ0n) is 14.1. The van der Waals surface area contributed by atoms with E-state index in [1.54, 1.807) is 12.1 Å². The Morgan fingerprint density at radius 1 is 1.30 bits per heavy atom. The summed E-state index contributed by atoms with van der Waals surface area (Å²) in [6.45, 7) is 8.01. The lowest BCUT2D eigenvalue weighted by atomic mass is 9.74. The van der Waals surface area contributed by atoms with Crippen LogP contribution in [0.1, 0.15) is 32.3 Å². The summed E-state index contributed by atoms with van der Waals surface area (Å²) in [5.74, 6) is -0.209. The zero-order chi connectivity index (χ0) is 16.7. The molecule has 1 aliphatic rings. The summed E-state index contributed by atoms with van der Waals surface area (Å²) < 4.78 is 19.1. The number of nitrogens with one attached hydrogen (secondary N) is 1. The third-order valence-electron chi connectivity index (χ3n) is 4.77. The quantitative estimate of drug-likeness (QED) is 0.838. The Labute approximate surface area is 138 Å². The molecule has 1 heterocycles. The van der Waals surface area contributed by atoms with Crippen molar-refractivity contribution in [3.05, 3.63) is 35.6 Å². The molecule has 0 unspecified atom stereocenters. The maximum absolute atomic E-state index is 13.6. The van der Waals surface area contributed by atoms with Gasteiger partial charge in [0.25, 0.3) is 0 Å². The summed E-state index contributed by atoms with van der Waals surface area (Å²) in [4.78, 5) is 14.3. The fourth-order valence-corrected chi connectivity index (χ4v) is 3.12. The lowest BCUT2D eigenvalue weighted by Crippen LogP contribution is -2.47. The first-order valence-corrected chi connectivity index (χ1v) is 8.42. The molecule has 23 heavy (non-hydrogen) atoms. The maximum Gasteiger partial charge on any atom is 0.234 e. The molecule has 0 saturated carbocycles. The number of nitrogens with zero attached hydrogens (tertiary/aromatic N) is 1. The number of benzene rings is 1. The number of hydrogen-bond donors (Lipinski definition) is 1. The number of ether oxygens (including phenoxy) is 1. The van der Waals surface area contributed by atoms with Crippen LogP contribution < -0.4 is 5.32 Å². The third-order valence-corrected chi connectivity index (χ3v) is 4.77. The molecule has 0 bridgehead atoms. The second-order valence-electron chi connectivity index (χ2n) is 6.14. The highest BCUT2D eigenvalue weighted by Gasteiger charge is 2.35. The Morgan fingerprint density at radius 2 is 2.00 bits per heavy atom. The molecule has 1 fully saturated rings. The average molecular weight is 322 g/mol. The predicted octanol–water partition coefficient (Wildman–Crippen LogP) is 2.33. The van der Waals surface area contributed by atoms with Gasteiger partial charge in [-0.15, -0.1) is 0 Å². The minimum absolute atomic E-state index is 0.0240. The lowest BCUT2D eigenvalue weighted by molar-refractivity contribution is -0.122. The molecule has 0 aliphatic carbocycles. The van der Waals surface area contributed by atoms with Crippen molar-refractivity contribution in [3.8, 4) is 0 Å². The van der Waals surface area contributed by atoms with Crippen molar-refractivity contribution in [2.75, 3.05) is 39.4 Å². The number of hydrogen-bond acceptors (Lipinski definition) is 3. The minimum Gasteiger partial charge on any atom is -0.381 e. The van der Waals surface area contributed by atoms with Crippen LogP contribution in [0, 0.1) is 5.82 Å². The molecule has 0 aromatic heterocycles. The highest BCUT2D eigenvalue weighted by Crippen LogP contribution is 2.34. The predicted molar refractivity (Wildman–Crippen MR) is 88.9 cm³/mol. The zero-order valence-corrected chi connectivity index (χ0v) is 14.1. The van der Waals surface area contributed by atoms with Crippen molar-refractivity contribution in [2.45, 2.75) is 32.1 Å². The van der Waals surface area contributed by atoms with Gasteiger partial charge in [0.1, 0.15) is 5.82 Å². The number of halogens is 1. The van der Waals surface area contributed by atoms with E-state index in [4.69, 9.17) is 4.74 Å². The van der Waals surface area contributed by atoms with Crippen LogP contribution >= 0.6 is 0 Å². The van der Waals surface area contributed by atoms with E-state index in [-0.39, 0.29) is 17.1 Å². The van der Waals surface area contributed by atoms with Crippen LogP contribution in [-0.2, 0) is 14.9 Å². The Balaban J connectivity index is 2.06. The second kappa shape index (κ2) is 8.41. The average Bonchev–Trinajstić information content (AvgIpc) is 2.58. The topological polar surface area (TPSA) is 41.6 Å². The number of carbonyl (C=O) groups is 1. The van der Waals surface area contributed by atoms with Crippen molar-refractivity contribution in [2.24, 2.45) is 0 Å². The summed E-state index contributed by atoms with van der Waals surface area (Å²) >= 11 is 0. The van der Waals surface area contributed by atoms with Crippen molar-refractivity contribution >= 4 is 5.91 Å². The van der Waals surface area contributed by atoms with E-state index in [9.17, 15) is 9.18 Å². The van der Waals surface area contributed by atoms with Crippen molar-refractivity contribution < 1.29 is 13.9 Å². The van der Waals surface area contributed by atoms with E-state index in [0.29, 0.717) is 26.3 Å². The van der Waals surface area contributed by atoms with Gasteiger partial charge >= 0.3 is 0 Å². The summed E-state index contributed by atoms with van der Waals surface area (Å²) in [5, 5.41) is 3.05.